The van der Waals surface area contributed by atoms with Gasteiger partial charge in [0, 0.05) is 36.1 Å². The van der Waals surface area contributed by atoms with E-state index in [2.05, 4.69) is 4.98 Å². The Morgan fingerprint density at radius 1 is 1.24 bits per heavy atom. The maximum Gasteiger partial charge on any atom is 0.340 e. The summed E-state index contributed by atoms with van der Waals surface area (Å²) in [5.41, 5.74) is 6.58. The van der Waals surface area contributed by atoms with Crippen molar-refractivity contribution in [2.75, 3.05) is 13.2 Å². The number of H-pyrrole nitrogens is 1. The first-order valence-corrected chi connectivity index (χ1v) is 9.86. The third kappa shape index (κ3) is 2.52. The minimum atomic E-state index is -0.408. The van der Waals surface area contributed by atoms with Gasteiger partial charge in [-0.3, -0.25) is 9.79 Å². The molecule has 5 rings (SSSR count). The molecule has 2 aliphatic rings. The number of hydrogen-bond donors (Lipinski definition) is 1. The van der Waals surface area contributed by atoms with Crippen LogP contribution in [0.3, 0.4) is 0 Å². The molecule has 2 aromatic heterocycles. The molecule has 3 aromatic rings. The summed E-state index contributed by atoms with van der Waals surface area (Å²) < 4.78 is 7.29. The van der Waals surface area contributed by atoms with Gasteiger partial charge in [-0.05, 0) is 31.4 Å². The number of aliphatic imine (C=N–C) groups is 1. The summed E-state index contributed by atoms with van der Waals surface area (Å²) in [6, 6.07) is 9.92. The van der Waals surface area contributed by atoms with Crippen LogP contribution in [0.2, 0.25) is 0 Å². The Morgan fingerprint density at radius 2 is 2.03 bits per heavy atom. The Kier molecular flexibility index (Phi) is 4.01. The monoisotopic (exact) mass is 387 g/mol. The van der Waals surface area contributed by atoms with Gasteiger partial charge in [-0.15, -0.1) is 0 Å². The maximum atomic E-state index is 13.5. The summed E-state index contributed by atoms with van der Waals surface area (Å²) in [7, 11) is 0. The fourth-order valence-corrected chi connectivity index (χ4v) is 4.42. The zero-order valence-corrected chi connectivity index (χ0v) is 16.4. The Hall–Kier alpha value is -3.41. The van der Waals surface area contributed by atoms with Gasteiger partial charge in [0.05, 0.1) is 23.6 Å². The first kappa shape index (κ1) is 17.7. The van der Waals surface area contributed by atoms with Crippen LogP contribution in [0.15, 0.2) is 41.5 Å². The highest BCUT2D eigenvalue weighted by Gasteiger charge is 2.40. The van der Waals surface area contributed by atoms with Crippen molar-refractivity contribution in [2.24, 2.45) is 4.99 Å². The van der Waals surface area contributed by atoms with Gasteiger partial charge < -0.3 is 14.3 Å². The minimum absolute atomic E-state index is 0.100. The number of hydrogen-bond acceptors (Lipinski definition) is 4. The zero-order valence-electron chi connectivity index (χ0n) is 16.4. The van der Waals surface area contributed by atoms with Crippen LogP contribution in [0.4, 0.5) is 0 Å². The molecule has 6 nitrogen and oxygen atoms in total. The molecular weight excluding hydrogens is 366 g/mol. The highest BCUT2D eigenvalue weighted by Crippen LogP contribution is 2.37. The minimum Gasteiger partial charge on any atom is -0.462 e. The van der Waals surface area contributed by atoms with Gasteiger partial charge in [0.25, 0.3) is 0 Å². The van der Waals surface area contributed by atoms with Crippen molar-refractivity contribution in [1.82, 2.24) is 9.55 Å². The molecule has 0 bridgehead atoms. The molecule has 0 spiro atoms. The van der Waals surface area contributed by atoms with Crippen molar-refractivity contribution in [3.8, 4) is 0 Å². The fourth-order valence-electron chi connectivity index (χ4n) is 4.42. The standard InChI is InChI=1S/C23H21N3O3/c1-3-29-23(28)16-13(2)26(12-14-7-5-4-6-8-14)21-18(16)19-17-15(9-10-24-19)11-25-20(17)22(21)27/h4-8,11,25H,3,9-10,12H2,1-2H3. The number of ether oxygens (including phenoxy) is 1. The lowest BCUT2D eigenvalue weighted by Crippen LogP contribution is -2.27. The molecule has 0 amide bonds. The summed E-state index contributed by atoms with van der Waals surface area (Å²) >= 11 is 0. The molecule has 29 heavy (non-hydrogen) atoms. The normalized spacial score (nSPS) is 14.3. The Bertz CT molecular complexity index is 1180. The van der Waals surface area contributed by atoms with E-state index in [1.807, 2.05) is 48.0 Å². The average molecular weight is 387 g/mol. The van der Waals surface area contributed by atoms with Crippen LogP contribution in [0.1, 0.15) is 61.4 Å². The van der Waals surface area contributed by atoms with Gasteiger partial charge >= 0.3 is 5.97 Å². The number of nitrogens with one attached hydrogen (secondary N) is 1. The Labute approximate surface area is 168 Å². The smallest absolute Gasteiger partial charge is 0.340 e. The third-order valence-corrected chi connectivity index (χ3v) is 5.72. The number of rotatable bonds is 4. The third-order valence-electron chi connectivity index (χ3n) is 5.72. The largest absolute Gasteiger partial charge is 0.462 e. The number of esters is 1. The summed E-state index contributed by atoms with van der Waals surface area (Å²) in [6.45, 7) is 5.07. The van der Waals surface area contributed by atoms with E-state index in [1.165, 1.54) is 0 Å². The predicted molar refractivity (Wildman–Crippen MR) is 109 cm³/mol. The highest BCUT2D eigenvalue weighted by atomic mass is 16.5. The number of carbonyl (C=O) groups is 2. The van der Waals surface area contributed by atoms with E-state index in [0.29, 0.717) is 35.6 Å². The lowest BCUT2D eigenvalue weighted by atomic mass is 9.85. The molecule has 1 N–H and O–H groups in total. The Morgan fingerprint density at radius 3 is 2.79 bits per heavy atom. The number of ketones is 1. The second-order valence-corrected chi connectivity index (χ2v) is 7.35. The van der Waals surface area contributed by atoms with E-state index < -0.39 is 5.97 Å². The molecule has 0 radical (unpaired) electrons. The molecule has 0 atom stereocenters. The van der Waals surface area contributed by atoms with Crippen molar-refractivity contribution < 1.29 is 14.3 Å². The van der Waals surface area contributed by atoms with Crippen LogP contribution in [0, 0.1) is 6.92 Å². The summed E-state index contributed by atoms with van der Waals surface area (Å²) in [6.07, 6.45) is 2.68. The number of aromatic nitrogens is 2. The molecule has 1 aromatic carbocycles. The molecule has 0 fully saturated rings. The lowest BCUT2D eigenvalue weighted by molar-refractivity contribution is 0.0525. The van der Waals surface area contributed by atoms with Crippen molar-refractivity contribution in [2.45, 2.75) is 26.8 Å². The molecule has 6 heteroatoms. The van der Waals surface area contributed by atoms with Gasteiger partial charge in [-0.1, -0.05) is 30.3 Å². The first-order valence-electron chi connectivity index (χ1n) is 9.86. The van der Waals surface area contributed by atoms with E-state index in [0.717, 1.165) is 34.5 Å². The van der Waals surface area contributed by atoms with Gasteiger partial charge in [-0.25, -0.2) is 4.79 Å². The number of nitrogens with zero attached hydrogens (tertiary/aromatic N) is 2. The van der Waals surface area contributed by atoms with Crippen molar-refractivity contribution in [3.05, 3.63) is 81.4 Å². The molecule has 0 saturated carbocycles. The molecule has 146 valence electrons. The maximum absolute atomic E-state index is 13.5. The quantitative estimate of drug-likeness (QED) is 0.546. The van der Waals surface area contributed by atoms with Gasteiger partial charge in [0.2, 0.25) is 5.78 Å². The molecule has 3 heterocycles. The molecule has 0 saturated heterocycles. The van der Waals surface area contributed by atoms with Gasteiger partial charge in [0.1, 0.15) is 5.69 Å². The van der Waals surface area contributed by atoms with E-state index in [4.69, 9.17) is 9.73 Å². The number of benzene rings is 1. The van der Waals surface area contributed by atoms with E-state index in [9.17, 15) is 9.59 Å². The number of carbonyl (C=O) groups excluding carboxylic acids is 2. The van der Waals surface area contributed by atoms with Crippen LogP contribution >= 0.6 is 0 Å². The van der Waals surface area contributed by atoms with Crippen LogP contribution in [-0.4, -0.2) is 40.2 Å². The van der Waals surface area contributed by atoms with Crippen LogP contribution in [0.5, 0.6) is 0 Å². The van der Waals surface area contributed by atoms with Gasteiger partial charge in [-0.2, -0.15) is 0 Å². The average Bonchev–Trinajstić information content (AvgIpc) is 3.28. The topological polar surface area (TPSA) is 76.5 Å². The van der Waals surface area contributed by atoms with E-state index >= 15 is 0 Å². The molecular formula is C23H21N3O3. The van der Waals surface area contributed by atoms with Crippen LogP contribution in [0.25, 0.3) is 0 Å². The van der Waals surface area contributed by atoms with E-state index in [1.54, 1.807) is 6.92 Å². The van der Waals surface area contributed by atoms with Crippen LogP contribution in [-0.2, 0) is 17.7 Å². The predicted octanol–water partition coefficient (Wildman–Crippen LogP) is 3.29. The summed E-state index contributed by atoms with van der Waals surface area (Å²) in [5, 5.41) is 0. The SMILES string of the molecule is CCOC(=O)c1c2c(n(Cc3ccccc3)c1C)C(=O)c1[nH]cc3c1C2=NCC3. The first-order chi connectivity index (χ1) is 14.1. The zero-order chi connectivity index (χ0) is 20.1. The highest BCUT2D eigenvalue weighted by molar-refractivity contribution is 6.32. The number of fused-ring (bicyclic) bond motifs is 2. The molecule has 0 unspecified atom stereocenters. The van der Waals surface area contributed by atoms with E-state index in [-0.39, 0.29) is 12.4 Å². The van der Waals surface area contributed by atoms with Gasteiger partial charge in [0.15, 0.2) is 0 Å². The van der Waals surface area contributed by atoms with Crippen LogP contribution < -0.4 is 0 Å². The van der Waals surface area contributed by atoms with Crippen molar-refractivity contribution in [1.29, 1.82) is 0 Å². The second-order valence-electron chi connectivity index (χ2n) is 7.35. The van der Waals surface area contributed by atoms with Crippen molar-refractivity contribution in [3.63, 3.8) is 0 Å². The summed E-state index contributed by atoms with van der Waals surface area (Å²) in [5.74, 6) is -0.508. The van der Waals surface area contributed by atoms with Crippen molar-refractivity contribution >= 4 is 17.5 Å². The second kappa shape index (κ2) is 6.58. The number of aromatic amines is 1. The molecule has 1 aliphatic heterocycles. The lowest BCUT2D eigenvalue weighted by Gasteiger charge is -2.21. The molecule has 1 aliphatic carbocycles. The Balaban J connectivity index is 1.78. The fraction of sp³-hybridized carbons (Fsp3) is 0.261. The summed E-state index contributed by atoms with van der Waals surface area (Å²) in [4.78, 5) is 34.3.